The van der Waals surface area contributed by atoms with E-state index < -0.39 is 0 Å². The van der Waals surface area contributed by atoms with E-state index in [0.29, 0.717) is 17.9 Å². The van der Waals surface area contributed by atoms with Crippen LogP contribution in [0.1, 0.15) is 26.7 Å². The summed E-state index contributed by atoms with van der Waals surface area (Å²) in [4.78, 5) is 16.7. The third kappa shape index (κ3) is 3.07. The van der Waals surface area contributed by atoms with E-state index in [4.69, 9.17) is 4.74 Å². The Labute approximate surface area is 135 Å². The molecule has 3 aromatic rings. The molecule has 0 aliphatic heterocycles. The predicted molar refractivity (Wildman–Crippen MR) is 94.1 cm³/mol. The van der Waals surface area contributed by atoms with E-state index in [2.05, 4.69) is 18.8 Å². The molecular formula is C19H22N2O2. The average molecular weight is 310 g/mol. The number of pyridine rings is 2. The smallest absolute Gasteiger partial charge is 0.258 e. The third-order valence-corrected chi connectivity index (χ3v) is 4.17. The number of aromatic nitrogens is 2. The fourth-order valence-electron chi connectivity index (χ4n) is 2.88. The molecule has 0 atom stereocenters. The number of ether oxygens (including phenoxy) is 1. The highest BCUT2D eigenvalue weighted by atomic mass is 16.5. The summed E-state index contributed by atoms with van der Waals surface area (Å²) in [5.74, 6) is 1.44. The zero-order valence-corrected chi connectivity index (χ0v) is 13.9. The van der Waals surface area contributed by atoms with Gasteiger partial charge in [-0.25, -0.2) is 0 Å². The van der Waals surface area contributed by atoms with E-state index in [0.717, 1.165) is 34.9 Å². The van der Waals surface area contributed by atoms with E-state index in [-0.39, 0.29) is 5.56 Å². The summed E-state index contributed by atoms with van der Waals surface area (Å²) < 4.78 is 7.46. The number of nitrogens with zero attached hydrogens (tertiary/aromatic N) is 2. The molecule has 0 saturated carbocycles. The van der Waals surface area contributed by atoms with E-state index in [9.17, 15) is 4.79 Å². The Balaban J connectivity index is 1.98. The number of hydrogen-bond donors (Lipinski definition) is 0. The average Bonchev–Trinajstić information content (AvgIpc) is 2.56. The number of benzene rings is 1. The van der Waals surface area contributed by atoms with Gasteiger partial charge in [-0.2, -0.15) is 0 Å². The van der Waals surface area contributed by atoms with Gasteiger partial charge in [0, 0.05) is 18.6 Å². The molecule has 0 N–H and O–H groups in total. The van der Waals surface area contributed by atoms with E-state index in [1.807, 2.05) is 24.3 Å². The van der Waals surface area contributed by atoms with Gasteiger partial charge in [0.1, 0.15) is 5.75 Å². The van der Waals surface area contributed by atoms with Crippen molar-refractivity contribution < 1.29 is 4.74 Å². The fraction of sp³-hybridized carbons (Fsp3) is 0.368. The molecule has 2 heterocycles. The lowest BCUT2D eigenvalue weighted by Gasteiger charge is -2.11. The summed E-state index contributed by atoms with van der Waals surface area (Å²) in [7, 11) is 1.78. The summed E-state index contributed by atoms with van der Waals surface area (Å²) >= 11 is 0. The van der Waals surface area contributed by atoms with Crippen molar-refractivity contribution >= 4 is 21.7 Å². The van der Waals surface area contributed by atoms with Crippen LogP contribution in [0.4, 0.5) is 0 Å². The van der Waals surface area contributed by atoms with Crippen LogP contribution in [0.5, 0.6) is 5.75 Å². The second kappa shape index (κ2) is 6.41. The lowest BCUT2D eigenvalue weighted by molar-refractivity contribution is 0.298. The Hall–Kier alpha value is -2.36. The SMILES string of the molecule is CC(C)CCCOc1ccc2c(c1)c(=O)n(C)c1cnccc21. The largest absolute Gasteiger partial charge is 0.494 e. The first kappa shape index (κ1) is 15.5. The second-order valence-electron chi connectivity index (χ2n) is 6.35. The molecule has 0 aliphatic rings. The zero-order chi connectivity index (χ0) is 16.4. The maximum atomic E-state index is 12.6. The van der Waals surface area contributed by atoms with Crippen molar-refractivity contribution in [2.75, 3.05) is 6.61 Å². The van der Waals surface area contributed by atoms with Gasteiger partial charge in [0.05, 0.1) is 23.7 Å². The molecule has 3 rings (SSSR count). The molecule has 0 saturated heterocycles. The standard InChI is InChI=1S/C19H22N2O2/c1-13(2)5-4-10-23-14-6-7-15-16-8-9-20-12-18(16)21(3)19(22)17(15)11-14/h6-9,11-13H,4-5,10H2,1-3H3. The van der Waals surface area contributed by atoms with Crippen molar-refractivity contribution in [3.05, 3.63) is 47.0 Å². The molecule has 1 aromatic carbocycles. The van der Waals surface area contributed by atoms with Gasteiger partial charge in [0.2, 0.25) is 0 Å². The Kier molecular flexibility index (Phi) is 4.33. The van der Waals surface area contributed by atoms with Crippen LogP contribution < -0.4 is 10.3 Å². The Bertz CT molecular complexity index is 897. The van der Waals surface area contributed by atoms with Crippen LogP contribution in [-0.2, 0) is 7.05 Å². The van der Waals surface area contributed by atoms with Crippen molar-refractivity contribution in [1.82, 2.24) is 9.55 Å². The molecule has 0 fully saturated rings. The highest BCUT2D eigenvalue weighted by Crippen LogP contribution is 2.25. The third-order valence-electron chi connectivity index (χ3n) is 4.17. The Morgan fingerprint density at radius 1 is 1.17 bits per heavy atom. The lowest BCUT2D eigenvalue weighted by Crippen LogP contribution is -2.17. The number of hydrogen-bond acceptors (Lipinski definition) is 3. The molecule has 0 amide bonds. The molecule has 0 aliphatic carbocycles. The van der Waals surface area contributed by atoms with E-state index in [1.54, 1.807) is 24.0 Å². The van der Waals surface area contributed by atoms with Gasteiger partial charge in [0.15, 0.2) is 0 Å². The summed E-state index contributed by atoms with van der Waals surface area (Å²) in [5.41, 5.74) is 0.823. The summed E-state index contributed by atoms with van der Waals surface area (Å²) in [6, 6.07) is 7.71. The molecule has 4 nitrogen and oxygen atoms in total. The molecule has 0 bridgehead atoms. The molecular weight excluding hydrogens is 288 g/mol. The van der Waals surface area contributed by atoms with Gasteiger partial charge in [-0.15, -0.1) is 0 Å². The van der Waals surface area contributed by atoms with Gasteiger partial charge in [0.25, 0.3) is 5.56 Å². The summed E-state index contributed by atoms with van der Waals surface area (Å²) in [6.45, 7) is 5.10. The Morgan fingerprint density at radius 2 is 2.00 bits per heavy atom. The lowest BCUT2D eigenvalue weighted by atomic mass is 10.1. The van der Waals surface area contributed by atoms with E-state index in [1.165, 1.54) is 0 Å². The predicted octanol–water partition coefficient (Wildman–Crippen LogP) is 3.90. The molecule has 2 aromatic heterocycles. The van der Waals surface area contributed by atoms with Crippen LogP contribution in [0.25, 0.3) is 21.7 Å². The van der Waals surface area contributed by atoms with Crippen LogP contribution in [0.15, 0.2) is 41.5 Å². The van der Waals surface area contributed by atoms with Crippen molar-refractivity contribution in [1.29, 1.82) is 0 Å². The monoisotopic (exact) mass is 310 g/mol. The van der Waals surface area contributed by atoms with Crippen LogP contribution in [0, 0.1) is 5.92 Å². The molecule has 0 radical (unpaired) electrons. The maximum absolute atomic E-state index is 12.6. The topological polar surface area (TPSA) is 44.1 Å². The van der Waals surface area contributed by atoms with Gasteiger partial charge in [-0.05, 0) is 48.4 Å². The molecule has 0 unspecified atom stereocenters. The van der Waals surface area contributed by atoms with Crippen LogP contribution >= 0.6 is 0 Å². The molecule has 4 heteroatoms. The number of aryl methyl sites for hydroxylation is 1. The summed E-state index contributed by atoms with van der Waals surface area (Å²) in [6.07, 6.45) is 5.65. The van der Waals surface area contributed by atoms with E-state index >= 15 is 0 Å². The normalized spacial score (nSPS) is 11.5. The number of rotatable bonds is 5. The molecule has 23 heavy (non-hydrogen) atoms. The Morgan fingerprint density at radius 3 is 2.78 bits per heavy atom. The van der Waals surface area contributed by atoms with Crippen LogP contribution in [0.2, 0.25) is 0 Å². The van der Waals surface area contributed by atoms with Crippen molar-refractivity contribution in [3.8, 4) is 5.75 Å². The van der Waals surface area contributed by atoms with Gasteiger partial charge in [-0.1, -0.05) is 13.8 Å². The zero-order valence-electron chi connectivity index (χ0n) is 13.9. The van der Waals surface area contributed by atoms with Crippen LogP contribution in [0.3, 0.4) is 0 Å². The van der Waals surface area contributed by atoms with Crippen molar-refractivity contribution in [2.45, 2.75) is 26.7 Å². The number of fused-ring (bicyclic) bond motifs is 3. The minimum atomic E-state index is -0.0202. The summed E-state index contributed by atoms with van der Waals surface area (Å²) in [5, 5.41) is 2.66. The highest BCUT2D eigenvalue weighted by Gasteiger charge is 2.09. The first-order valence-electron chi connectivity index (χ1n) is 8.07. The minimum absolute atomic E-state index is 0.0202. The maximum Gasteiger partial charge on any atom is 0.258 e. The second-order valence-corrected chi connectivity index (χ2v) is 6.35. The highest BCUT2D eigenvalue weighted by molar-refractivity contribution is 6.05. The molecule has 120 valence electrons. The molecule has 0 spiro atoms. The first-order chi connectivity index (χ1) is 11.1. The van der Waals surface area contributed by atoms with Crippen LogP contribution in [-0.4, -0.2) is 16.2 Å². The van der Waals surface area contributed by atoms with Gasteiger partial charge >= 0.3 is 0 Å². The van der Waals surface area contributed by atoms with Crippen molar-refractivity contribution in [3.63, 3.8) is 0 Å². The van der Waals surface area contributed by atoms with Gasteiger partial charge < -0.3 is 9.30 Å². The minimum Gasteiger partial charge on any atom is -0.494 e. The quantitative estimate of drug-likeness (QED) is 0.530. The van der Waals surface area contributed by atoms with Gasteiger partial charge in [-0.3, -0.25) is 9.78 Å². The van der Waals surface area contributed by atoms with Crippen molar-refractivity contribution in [2.24, 2.45) is 13.0 Å². The fourth-order valence-corrected chi connectivity index (χ4v) is 2.88. The first-order valence-corrected chi connectivity index (χ1v) is 8.07.